The molecule has 1 aromatic heterocycles. The van der Waals surface area contributed by atoms with E-state index in [0.29, 0.717) is 24.9 Å². The van der Waals surface area contributed by atoms with E-state index >= 15 is 0 Å². The second-order valence-electron chi connectivity index (χ2n) is 9.70. The first-order valence-corrected chi connectivity index (χ1v) is 13.4. The van der Waals surface area contributed by atoms with E-state index in [2.05, 4.69) is 32.7 Å². The average Bonchev–Trinajstić information content (AvgIpc) is 3.44. The van der Waals surface area contributed by atoms with Crippen molar-refractivity contribution in [3.63, 3.8) is 0 Å². The molecule has 9 nitrogen and oxygen atoms in total. The molecule has 1 fully saturated rings. The summed E-state index contributed by atoms with van der Waals surface area (Å²) in [6, 6.07) is 1.87. The number of nitrogens with one attached hydrogen (secondary N) is 1. The molecule has 0 radical (unpaired) electrons. The zero-order chi connectivity index (χ0) is 22.7. The highest BCUT2D eigenvalue weighted by atomic mass is 32.2. The first-order valence-electron chi connectivity index (χ1n) is 11.9. The van der Waals surface area contributed by atoms with E-state index in [1.807, 2.05) is 0 Å². The molecule has 33 heavy (non-hydrogen) atoms. The summed E-state index contributed by atoms with van der Waals surface area (Å²) < 4.78 is 24.8. The van der Waals surface area contributed by atoms with E-state index in [-0.39, 0.29) is 10.9 Å². The summed E-state index contributed by atoms with van der Waals surface area (Å²) in [6.07, 6.45) is 7.77. The fraction of sp³-hybridized carbons (Fsp3) is 0.565. The fourth-order valence-corrected chi connectivity index (χ4v) is 6.74. The summed E-state index contributed by atoms with van der Waals surface area (Å²) in [5.41, 5.74) is 5.87. The molecule has 176 valence electrons. The van der Waals surface area contributed by atoms with Gasteiger partial charge in [-0.2, -0.15) is 5.10 Å². The summed E-state index contributed by atoms with van der Waals surface area (Å²) >= 11 is 0. The van der Waals surface area contributed by atoms with Crippen LogP contribution in [-0.2, 0) is 35.7 Å². The van der Waals surface area contributed by atoms with Crippen molar-refractivity contribution < 1.29 is 13.7 Å². The molecule has 3 N–H and O–H groups in total. The summed E-state index contributed by atoms with van der Waals surface area (Å²) in [7, 11) is -3.51. The number of fused-ring (bicyclic) bond motifs is 3. The van der Waals surface area contributed by atoms with Gasteiger partial charge in [-0.3, -0.25) is 4.90 Å². The quantitative estimate of drug-likeness (QED) is 0.716. The van der Waals surface area contributed by atoms with Crippen LogP contribution in [-0.4, -0.2) is 50.7 Å². The Morgan fingerprint density at radius 2 is 2.12 bits per heavy atom. The molecular formula is C23H30N6O3S. The Kier molecular flexibility index (Phi) is 5.00. The zero-order valence-corrected chi connectivity index (χ0v) is 19.7. The highest BCUT2D eigenvalue weighted by Crippen LogP contribution is 2.44. The first kappa shape index (κ1) is 21.1. The van der Waals surface area contributed by atoms with Gasteiger partial charge < -0.3 is 10.1 Å². The van der Waals surface area contributed by atoms with Crippen LogP contribution in [0.3, 0.4) is 0 Å². The monoisotopic (exact) mass is 470 g/mol. The normalized spacial score (nSPS) is 25.3. The van der Waals surface area contributed by atoms with Crippen LogP contribution < -0.4 is 15.2 Å². The van der Waals surface area contributed by atoms with Crippen molar-refractivity contribution in [1.29, 1.82) is 0 Å². The van der Waals surface area contributed by atoms with Crippen molar-refractivity contribution in [2.24, 2.45) is 9.50 Å². The summed E-state index contributed by atoms with van der Waals surface area (Å²) in [5, 5.41) is 13.4. The number of aromatic nitrogens is 2. The van der Waals surface area contributed by atoms with Gasteiger partial charge in [-0.1, -0.05) is 13.0 Å². The number of ether oxygens (including phenoxy) is 1. The first-order chi connectivity index (χ1) is 15.9. The summed E-state index contributed by atoms with van der Waals surface area (Å²) in [6.45, 7) is 5.45. The summed E-state index contributed by atoms with van der Waals surface area (Å²) in [5.74, 6) is 0.727. The zero-order valence-electron chi connectivity index (χ0n) is 18.9. The number of urea groups is 1. The van der Waals surface area contributed by atoms with Crippen LogP contribution in [0.5, 0.6) is 5.88 Å². The third-order valence-electron chi connectivity index (χ3n) is 7.59. The Bertz CT molecular complexity index is 1260. The number of carbonyl (C=O) groups excluding carboxylic acids is 1. The van der Waals surface area contributed by atoms with E-state index in [0.717, 1.165) is 50.9 Å². The Balaban J connectivity index is 1.28. The lowest BCUT2D eigenvalue weighted by molar-refractivity contribution is 0.0417. The number of amides is 2. The van der Waals surface area contributed by atoms with Gasteiger partial charge >= 0.3 is 6.03 Å². The second-order valence-corrected chi connectivity index (χ2v) is 11.5. The molecule has 2 aliphatic heterocycles. The molecule has 10 heteroatoms. The maximum atomic E-state index is 13.3. The largest absolute Gasteiger partial charge is 0.475 e. The van der Waals surface area contributed by atoms with Crippen molar-refractivity contribution in [3.8, 4) is 5.88 Å². The van der Waals surface area contributed by atoms with Crippen LogP contribution in [0.1, 0.15) is 54.4 Å². The third-order valence-corrected chi connectivity index (χ3v) is 8.94. The Hall–Kier alpha value is -2.43. The topological polar surface area (TPSA) is 115 Å². The summed E-state index contributed by atoms with van der Waals surface area (Å²) in [4.78, 5) is 15.5. The van der Waals surface area contributed by atoms with Crippen LogP contribution in [0.2, 0.25) is 0 Å². The molecular weight excluding hydrogens is 440 g/mol. The molecule has 3 heterocycles. The molecule has 4 aliphatic rings. The predicted octanol–water partition coefficient (Wildman–Crippen LogP) is 2.82. The number of nitrogens with zero attached hydrogens (tertiary/aromatic N) is 4. The molecule has 1 aromatic carbocycles. The van der Waals surface area contributed by atoms with Gasteiger partial charge in [0, 0.05) is 5.69 Å². The second kappa shape index (κ2) is 7.82. The van der Waals surface area contributed by atoms with Crippen molar-refractivity contribution in [2.45, 2.75) is 68.8 Å². The smallest absolute Gasteiger partial charge is 0.354 e. The molecule has 1 saturated heterocycles. The number of anilines is 1. The van der Waals surface area contributed by atoms with Crippen molar-refractivity contribution >= 4 is 21.6 Å². The van der Waals surface area contributed by atoms with Crippen LogP contribution in [0.4, 0.5) is 10.5 Å². The lowest BCUT2D eigenvalue weighted by atomic mass is 9.95. The predicted molar refractivity (Wildman–Crippen MR) is 125 cm³/mol. The number of carbonyl (C=O) groups is 1. The van der Waals surface area contributed by atoms with Gasteiger partial charge in [0.05, 0.1) is 18.8 Å². The number of hydrogen-bond donors (Lipinski definition) is 2. The number of likely N-dealkylation sites (tertiary alicyclic amines) is 1. The Labute approximate surface area is 194 Å². The maximum absolute atomic E-state index is 13.3. The maximum Gasteiger partial charge on any atom is 0.354 e. The Morgan fingerprint density at radius 1 is 1.27 bits per heavy atom. The van der Waals surface area contributed by atoms with E-state index < -0.39 is 15.9 Å². The number of aryl methyl sites for hydroxylation is 2. The molecule has 2 aliphatic carbocycles. The van der Waals surface area contributed by atoms with Gasteiger partial charge in [0.25, 0.3) is 0 Å². The molecule has 0 spiro atoms. The molecule has 6 rings (SSSR count). The molecule has 0 saturated carbocycles. The standard InChI is InChI=1S/C23H30N6O3S/c1-14-6-7-16-10-15-4-2-5-18(15)21(20(14)16)26-23(30)27-33(24,31)19-11-25-29-12-17(13-32-22(19)29)28-8-3-9-28/h10-11,14,17H,2-9,12-13H2,1H3,(H3,24,26,27,30,31)/t14-,17?,33?/m0/s1. The van der Waals surface area contributed by atoms with Crippen LogP contribution >= 0.6 is 0 Å². The van der Waals surface area contributed by atoms with Gasteiger partial charge in [0.2, 0.25) is 5.88 Å². The minimum absolute atomic E-state index is 0.177. The van der Waals surface area contributed by atoms with E-state index in [4.69, 9.17) is 9.88 Å². The van der Waals surface area contributed by atoms with Crippen LogP contribution in [0.15, 0.2) is 21.5 Å². The minimum atomic E-state index is -3.51. The van der Waals surface area contributed by atoms with Crippen LogP contribution in [0, 0.1) is 0 Å². The lowest BCUT2D eigenvalue weighted by Crippen LogP contribution is -2.51. The third kappa shape index (κ3) is 3.55. The van der Waals surface area contributed by atoms with Gasteiger partial charge in [-0.05, 0) is 79.8 Å². The minimum Gasteiger partial charge on any atom is -0.475 e. The van der Waals surface area contributed by atoms with Crippen molar-refractivity contribution in [3.05, 3.63) is 34.5 Å². The number of benzene rings is 1. The Morgan fingerprint density at radius 3 is 2.91 bits per heavy atom. The van der Waals surface area contributed by atoms with E-state index in [1.54, 1.807) is 4.68 Å². The van der Waals surface area contributed by atoms with Gasteiger partial charge in [0.1, 0.15) is 11.5 Å². The molecule has 2 amide bonds. The number of rotatable bonds is 3. The van der Waals surface area contributed by atoms with Crippen molar-refractivity contribution in [2.75, 3.05) is 25.0 Å². The average molecular weight is 471 g/mol. The van der Waals surface area contributed by atoms with Gasteiger partial charge in [0.15, 0.2) is 9.92 Å². The highest BCUT2D eigenvalue weighted by molar-refractivity contribution is 7.91. The van der Waals surface area contributed by atoms with Crippen molar-refractivity contribution in [1.82, 2.24) is 14.7 Å². The highest BCUT2D eigenvalue weighted by Gasteiger charge is 2.33. The van der Waals surface area contributed by atoms with Gasteiger partial charge in [-0.15, -0.1) is 4.36 Å². The lowest BCUT2D eigenvalue weighted by Gasteiger charge is -2.40. The molecule has 0 bridgehead atoms. The number of hydrogen-bond acceptors (Lipinski definition) is 5. The van der Waals surface area contributed by atoms with E-state index in [9.17, 15) is 9.00 Å². The molecule has 3 atom stereocenters. The fourth-order valence-electron chi connectivity index (χ4n) is 5.74. The molecule has 2 aromatic rings. The molecule has 2 unspecified atom stereocenters. The van der Waals surface area contributed by atoms with Gasteiger partial charge in [-0.25, -0.2) is 18.8 Å². The SMILES string of the molecule is C[C@H]1CCc2cc3c(c(NC(=O)N=S(N)(=O)c4cnn5c4OCC(N4CCC4)C5)c21)CCC3. The van der Waals surface area contributed by atoms with E-state index in [1.165, 1.54) is 34.9 Å². The van der Waals surface area contributed by atoms with Crippen LogP contribution in [0.25, 0.3) is 0 Å². The number of nitrogens with two attached hydrogens (primary N) is 1.